The highest BCUT2D eigenvalue weighted by molar-refractivity contribution is 9.10. The first kappa shape index (κ1) is 13.0. The van der Waals surface area contributed by atoms with Crippen molar-refractivity contribution >= 4 is 22.0 Å². The highest BCUT2D eigenvalue weighted by Gasteiger charge is 2.47. The number of halogens is 1. The number of hydrogen-bond acceptors (Lipinski definition) is 2. The Kier molecular flexibility index (Phi) is 3.08. The van der Waals surface area contributed by atoms with Crippen molar-refractivity contribution in [3.05, 3.63) is 16.4 Å². The van der Waals surface area contributed by atoms with Crippen LogP contribution in [-0.4, -0.2) is 39.0 Å². The molecule has 1 aliphatic heterocycles. The fourth-order valence-electron chi connectivity index (χ4n) is 3.35. The number of nitrogens with zero attached hydrogens (tertiary/aromatic N) is 3. The van der Waals surface area contributed by atoms with Crippen molar-refractivity contribution in [2.45, 2.75) is 38.6 Å². The van der Waals surface area contributed by atoms with Crippen LogP contribution in [0.15, 0.2) is 10.7 Å². The van der Waals surface area contributed by atoms with Gasteiger partial charge in [-0.25, -0.2) is 4.79 Å². The predicted octanol–water partition coefficient (Wildman–Crippen LogP) is 3.05. The molecule has 0 unspecified atom stereocenters. The number of rotatable bonds is 1. The molecule has 1 spiro atoms. The summed E-state index contributed by atoms with van der Waals surface area (Å²) in [6.07, 6.45) is 5.53. The number of aryl methyl sites for hydroxylation is 1. The average molecular weight is 328 g/mol. The summed E-state index contributed by atoms with van der Waals surface area (Å²) in [6.45, 7) is 3.37. The zero-order valence-corrected chi connectivity index (χ0v) is 12.6. The summed E-state index contributed by atoms with van der Waals surface area (Å²) < 4.78 is 3.13. The smallest absolute Gasteiger partial charge is 0.407 e. The molecule has 0 aromatic carbocycles. The first-order valence-corrected chi connectivity index (χ1v) is 7.48. The van der Waals surface area contributed by atoms with Crippen LogP contribution in [0.5, 0.6) is 0 Å². The van der Waals surface area contributed by atoms with E-state index >= 15 is 0 Å². The summed E-state index contributed by atoms with van der Waals surface area (Å²) in [5, 5.41) is 13.5. The Hall–Kier alpha value is -1.04. The lowest BCUT2D eigenvalue weighted by molar-refractivity contribution is -0.00713. The summed E-state index contributed by atoms with van der Waals surface area (Å²) in [4.78, 5) is 12.4. The van der Waals surface area contributed by atoms with Crippen molar-refractivity contribution in [2.24, 2.45) is 5.41 Å². The molecule has 1 amide bonds. The molecular formula is C13H18BrN3O2. The van der Waals surface area contributed by atoms with Crippen molar-refractivity contribution in [1.29, 1.82) is 0 Å². The average Bonchev–Trinajstić information content (AvgIpc) is 2.66. The minimum Gasteiger partial charge on any atom is -0.465 e. The molecule has 104 valence electrons. The van der Waals surface area contributed by atoms with Gasteiger partial charge in [-0.05, 0) is 54.0 Å². The molecule has 5 nitrogen and oxygen atoms in total. The third-order valence-corrected chi connectivity index (χ3v) is 5.44. The standard InChI is InChI=1S/C13H18BrN3O2/c1-9-11(14)8-17(15-9)10-6-13(7-10)2-4-16(5-3-13)12(18)19/h8,10H,2-7H2,1H3,(H,18,19). The summed E-state index contributed by atoms with van der Waals surface area (Å²) in [5.74, 6) is 0. The van der Waals surface area contributed by atoms with Gasteiger partial charge in [0.05, 0.1) is 16.2 Å². The molecule has 19 heavy (non-hydrogen) atoms. The van der Waals surface area contributed by atoms with Crippen LogP contribution in [0.25, 0.3) is 0 Å². The molecule has 2 heterocycles. The summed E-state index contributed by atoms with van der Waals surface area (Å²) >= 11 is 3.49. The summed E-state index contributed by atoms with van der Waals surface area (Å²) in [5.41, 5.74) is 1.39. The van der Waals surface area contributed by atoms with E-state index in [9.17, 15) is 4.79 Å². The van der Waals surface area contributed by atoms with Crippen molar-refractivity contribution < 1.29 is 9.90 Å². The van der Waals surface area contributed by atoms with Gasteiger partial charge in [-0.3, -0.25) is 4.68 Å². The fraction of sp³-hybridized carbons (Fsp3) is 0.692. The molecular weight excluding hydrogens is 310 g/mol. The van der Waals surface area contributed by atoms with E-state index in [-0.39, 0.29) is 0 Å². The van der Waals surface area contributed by atoms with Gasteiger partial charge >= 0.3 is 6.09 Å². The Morgan fingerprint density at radius 3 is 2.58 bits per heavy atom. The van der Waals surface area contributed by atoms with E-state index in [0.717, 1.165) is 35.8 Å². The van der Waals surface area contributed by atoms with Crippen LogP contribution in [0.1, 0.15) is 37.4 Å². The second-order valence-corrected chi connectivity index (χ2v) is 6.73. The normalized spacial score (nSPS) is 22.5. The molecule has 1 aromatic heterocycles. The maximum absolute atomic E-state index is 10.9. The Labute approximate surface area is 120 Å². The van der Waals surface area contributed by atoms with Crippen LogP contribution >= 0.6 is 15.9 Å². The Bertz CT molecular complexity index is 478. The molecule has 6 heteroatoms. The lowest BCUT2D eigenvalue weighted by atomic mass is 9.60. The summed E-state index contributed by atoms with van der Waals surface area (Å²) in [6, 6.07) is 0.487. The molecule has 1 aromatic rings. The third kappa shape index (κ3) is 2.26. The Morgan fingerprint density at radius 2 is 2.11 bits per heavy atom. The number of aromatic nitrogens is 2. The van der Waals surface area contributed by atoms with Crippen LogP contribution in [-0.2, 0) is 0 Å². The number of piperidine rings is 1. The van der Waals surface area contributed by atoms with Crippen LogP contribution in [0.4, 0.5) is 4.79 Å². The first-order chi connectivity index (χ1) is 8.99. The number of hydrogen-bond donors (Lipinski definition) is 1. The molecule has 1 N–H and O–H groups in total. The Balaban J connectivity index is 1.59. The second-order valence-electron chi connectivity index (χ2n) is 5.87. The zero-order chi connectivity index (χ0) is 13.6. The molecule has 1 saturated carbocycles. The predicted molar refractivity (Wildman–Crippen MR) is 74.2 cm³/mol. The minimum atomic E-state index is -0.780. The molecule has 0 radical (unpaired) electrons. The maximum Gasteiger partial charge on any atom is 0.407 e. The largest absolute Gasteiger partial charge is 0.465 e. The van der Waals surface area contributed by atoms with Gasteiger partial charge in [0, 0.05) is 19.3 Å². The Morgan fingerprint density at radius 1 is 1.47 bits per heavy atom. The van der Waals surface area contributed by atoms with Gasteiger partial charge in [-0.1, -0.05) is 0 Å². The van der Waals surface area contributed by atoms with E-state index in [1.807, 2.05) is 6.92 Å². The van der Waals surface area contributed by atoms with Crippen molar-refractivity contribution in [3.63, 3.8) is 0 Å². The van der Waals surface area contributed by atoms with E-state index in [0.29, 0.717) is 24.5 Å². The van der Waals surface area contributed by atoms with Crippen molar-refractivity contribution in [2.75, 3.05) is 13.1 Å². The number of amides is 1. The molecule has 0 bridgehead atoms. The second kappa shape index (κ2) is 4.51. The first-order valence-electron chi connectivity index (χ1n) is 6.68. The van der Waals surface area contributed by atoms with Crippen LogP contribution in [0.3, 0.4) is 0 Å². The van der Waals surface area contributed by atoms with Crippen LogP contribution in [0.2, 0.25) is 0 Å². The molecule has 2 aliphatic rings. The summed E-state index contributed by atoms with van der Waals surface area (Å²) in [7, 11) is 0. The zero-order valence-electron chi connectivity index (χ0n) is 11.0. The van der Waals surface area contributed by atoms with E-state index in [4.69, 9.17) is 5.11 Å². The van der Waals surface area contributed by atoms with Crippen LogP contribution < -0.4 is 0 Å². The molecule has 1 saturated heterocycles. The van der Waals surface area contributed by atoms with Gasteiger partial charge in [0.25, 0.3) is 0 Å². The fourth-order valence-corrected chi connectivity index (χ4v) is 3.64. The minimum absolute atomic E-state index is 0.364. The SMILES string of the molecule is Cc1nn(C2CC3(CCN(C(=O)O)CC3)C2)cc1Br. The molecule has 0 atom stereocenters. The highest BCUT2D eigenvalue weighted by Crippen LogP contribution is 2.54. The van der Waals surface area contributed by atoms with Gasteiger partial charge in [-0.15, -0.1) is 0 Å². The van der Waals surface area contributed by atoms with E-state index in [1.165, 1.54) is 4.90 Å². The highest BCUT2D eigenvalue weighted by atomic mass is 79.9. The topological polar surface area (TPSA) is 58.4 Å². The van der Waals surface area contributed by atoms with Gasteiger partial charge in [0.1, 0.15) is 0 Å². The number of carbonyl (C=O) groups is 1. The number of likely N-dealkylation sites (tertiary alicyclic amines) is 1. The lowest BCUT2D eigenvalue weighted by Crippen LogP contribution is -2.48. The monoisotopic (exact) mass is 327 g/mol. The van der Waals surface area contributed by atoms with Gasteiger partial charge in [-0.2, -0.15) is 5.10 Å². The van der Waals surface area contributed by atoms with Crippen molar-refractivity contribution in [1.82, 2.24) is 14.7 Å². The van der Waals surface area contributed by atoms with Gasteiger partial charge < -0.3 is 10.0 Å². The van der Waals surface area contributed by atoms with E-state index < -0.39 is 6.09 Å². The lowest BCUT2D eigenvalue weighted by Gasteiger charge is -2.51. The molecule has 1 aliphatic carbocycles. The quantitative estimate of drug-likeness (QED) is 0.862. The van der Waals surface area contributed by atoms with Crippen molar-refractivity contribution in [3.8, 4) is 0 Å². The van der Waals surface area contributed by atoms with E-state index in [2.05, 4.69) is 31.9 Å². The number of carboxylic acid groups (broad SMARTS) is 1. The molecule has 3 rings (SSSR count). The molecule has 2 fully saturated rings. The van der Waals surface area contributed by atoms with Crippen LogP contribution in [0, 0.1) is 12.3 Å². The van der Waals surface area contributed by atoms with E-state index in [1.54, 1.807) is 0 Å². The third-order valence-electron chi connectivity index (χ3n) is 4.66. The maximum atomic E-state index is 10.9. The van der Waals surface area contributed by atoms with Gasteiger partial charge in [0.15, 0.2) is 0 Å². The van der Waals surface area contributed by atoms with Gasteiger partial charge in [0.2, 0.25) is 0 Å².